The maximum Gasteiger partial charge on any atom is 0.140 e. The normalized spacial score (nSPS) is 17.4. The summed E-state index contributed by atoms with van der Waals surface area (Å²) in [5, 5.41) is 3.90. The highest BCUT2D eigenvalue weighted by molar-refractivity contribution is 9.10. The quantitative estimate of drug-likeness (QED) is 0.605. The molecule has 0 unspecified atom stereocenters. The molecule has 1 aromatic rings. The molecule has 0 saturated heterocycles. The van der Waals surface area contributed by atoms with Crippen molar-refractivity contribution in [2.45, 2.75) is 31.8 Å². The van der Waals surface area contributed by atoms with Crippen LogP contribution in [-0.4, -0.2) is 12.3 Å². The first-order valence-electron chi connectivity index (χ1n) is 5.22. The molecule has 1 fully saturated rings. The summed E-state index contributed by atoms with van der Waals surface area (Å²) in [6.45, 7) is 0. The van der Waals surface area contributed by atoms with Gasteiger partial charge < -0.3 is 4.84 Å². The van der Waals surface area contributed by atoms with Gasteiger partial charge in [0.15, 0.2) is 0 Å². The first-order valence-corrected chi connectivity index (χ1v) is 6.02. The molecule has 1 aliphatic rings. The van der Waals surface area contributed by atoms with Gasteiger partial charge in [-0.15, -0.1) is 0 Å². The highest BCUT2D eigenvalue weighted by Gasteiger charge is 2.15. The van der Waals surface area contributed by atoms with E-state index >= 15 is 0 Å². The zero-order valence-corrected chi connectivity index (χ0v) is 10.0. The van der Waals surface area contributed by atoms with Crippen LogP contribution in [-0.2, 0) is 4.84 Å². The van der Waals surface area contributed by atoms with Crippen molar-refractivity contribution in [3.8, 4) is 0 Å². The van der Waals surface area contributed by atoms with Crippen LogP contribution in [0.1, 0.15) is 31.2 Å². The van der Waals surface area contributed by atoms with Gasteiger partial charge in [-0.25, -0.2) is 0 Å². The van der Waals surface area contributed by atoms with Crippen molar-refractivity contribution in [2.75, 3.05) is 0 Å². The lowest BCUT2D eigenvalue weighted by Crippen LogP contribution is -2.02. The molecule has 1 saturated carbocycles. The van der Waals surface area contributed by atoms with Crippen molar-refractivity contribution >= 4 is 22.1 Å². The molecule has 0 aliphatic heterocycles. The van der Waals surface area contributed by atoms with E-state index in [2.05, 4.69) is 27.3 Å². The molecule has 1 aromatic carbocycles. The average Bonchev–Trinajstić information content (AvgIpc) is 2.74. The Bertz CT molecular complexity index is 345. The lowest BCUT2D eigenvalue weighted by atomic mass is 10.2. The van der Waals surface area contributed by atoms with Gasteiger partial charge in [0.2, 0.25) is 0 Å². The maximum absolute atomic E-state index is 5.35. The Balaban J connectivity index is 1.90. The Hall–Kier alpha value is -0.830. The van der Waals surface area contributed by atoms with E-state index in [0.717, 1.165) is 22.9 Å². The minimum Gasteiger partial charge on any atom is -0.392 e. The fourth-order valence-corrected chi connectivity index (χ4v) is 2.07. The highest BCUT2D eigenvalue weighted by Crippen LogP contribution is 2.21. The molecule has 15 heavy (non-hydrogen) atoms. The Morgan fingerprint density at radius 1 is 1.27 bits per heavy atom. The van der Waals surface area contributed by atoms with E-state index in [9.17, 15) is 0 Å². The Morgan fingerprint density at radius 2 is 2.00 bits per heavy atom. The monoisotopic (exact) mass is 266 g/mol. The van der Waals surface area contributed by atoms with E-state index in [1.165, 1.54) is 12.8 Å². The van der Waals surface area contributed by atoms with E-state index in [1.807, 2.05) is 24.3 Å². The fourth-order valence-electron chi connectivity index (χ4n) is 1.70. The van der Waals surface area contributed by atoms with E-state index in [-0.39, 0.29) is 0 Å². The Kier molecular flexibility index (Phi) is 3.78. The van der Waals surface area contributed by atoms with Crippen LogP contribution in [0.3, 0.4) is 0 Å². The van der Waals surface area contributed by atoms with Crippen molar-refractivity contribution in [2.24, 2.45) is 5.16 Å². The van der Waals surface area contributed by atoms with Crippen LogP contribution < -0.4 is 0 Å². The summed E-state index contributed by atoms with van der Waals surface area (Å²) in [5.74, 6) is 0. The summed E-state index contributed by atoms with van der Waals surface area (Å²) < 4.78 is 0.990. The molecule has 2 nitrogen and oxygen atoms in total. The van der Waals surface area contributed by atoms with Gasteiger partial charge in [-0.1, -0.05) is 39.3 Å². The van der Waals surface area contributed by atoms with Gasteiger partial charge in [-0.2, -0.15) is 0 Å². The smallest absolute Gasteiger partial charge is 0.140 e. The molecule has 1 aliphatic carbocycles. The first kappa shape index (κ1) is 10.7. The van der Waals surface area contributed by atoms with E-state index in [4.69, 9.17) is 4.84 Å². The lowest BCUT2D eigenvalue weighted by Gasteiger charge is -2.04. The number of nitrogens with zero attached hydrogens (tertiary/aromatic N) is 1. The van der Waals surface area contributed by atoms with Crippen LogP contribution in [0.2, 0.25) is 0 Å². The van der Waals surface area contributed by atoms with Crippen molar-refractivity contribution in [3.63, 3.8) is 0 Å². The number of benzene rings is 1. The number of rotatable bonds is 3. The fraction of sp³-hybridized carbons (Fsp3) is 0.417. The summed E-state index contributed by atoms with van der Waals surface area (Å²) in [6.07, 6.45) is 7.97. The van der Waals surface area contributed by atoms with Gasteiger partial charge in [0.1, 0.15) is 12.3 Å². The number of hydrogen-bond donors (Lipinski definition) is 0. The third-order valence-electron chi connectivity index (χ3n) is 2.54. The molecule has 0 aromatic heterocycles. The maximum atomic E-state index is 5.35. The van der Waals surface area contributed by atoms with Gasteiger partial charge in [0.25, 0.3) is 0 Å². The van der Waals surface area contributed by atoms with Crippen LogP contribution in [0.25, 0.3) is 0 Å². The molecule has 0 atom stereocenters. The number of hydrogen-bond acceptors (Lipinski definition) is 2. The van der Waals surface area contributed by atoms with Crippen LogP contribution in [0, 0.1) is 0 Å². The van der Waals surface area contributed by atoms with Gasteiger partial charge in [-0.05, 0) is 31.7 Å². The SMILES string of the molecule is Brc1ccccc1/[C]=N/OC1CCCC1. The van der Waals surface area contributed by atoms with Crippen LogP contribution in [0.4, 0.5) is 0 Å². The zero-order chi connectivity index (χ0) is 10.5. The topological polar surface area (TPSA) is 21.6 Å². The molecule has 2 rings (SSSR count). The molecule has 1 radical (unpaired) electrons. The van der Waals surface area contributed by atoms with Crippen LogP contribution in [0.5, 0.6) is 0 Å². The summed E-state index contributed by atoms with van der Waals surface area (Å²) in [4.78, 5) is 5.35. The van der Waals surface area contributed by atoms with E-state index in [1.54, 1.807) is 0 Å². The molecule has 79 valence electrons. The summed E-state index contributed by atoms with van der Waals surface area (Å²) >= 11 is 3.43. The molecule has 0 N–H and O–H groups in total. The predicted octanol–water partition coefficient (Wildman–Crippen LogP) is 3.62. The Morgan fingerprint density at radius 3 is 2.73 bits per heavy atom. The summed E-state index contributed by atoms with van der Waals surface area (Å²) in [5.41, 5.74) is 0.926. The molecule has 0 heterocycles. The summed E-state index contributed by atoms with van der Waals surface area (Å²) in [7, 11) is 0. The van der Waals surface area contributed by atoms with E-state index < -0.39 is 0 Å². The van der Waals surface area contributed by atoms with Gasteiger partial charge >= 0.3 is 0 Å². The van der Waals surface area contributed by atoms with Gasteiger partial charge in [-0.3, -0.25) is 0 Å². The van der Waals surface area contributed by atoms with Crippen molar-refractivity contribution in [1.82, 2.24) is 0 Å². The lowest BCUT2D eigenvalue weighted by molar-refractivity contribution is 0.0657. The first-order chi connectivity index (χ1) is 7.36. The third kappa shape index (κ3) is 3.06. The predicted molar refractivity (Wildman–Crippen MR) is 64.0 cm³/mol. The molecule has 0 bridgehead atoms. The highest BCUT2D eigenvalue weighted by atomic mass is 79.9. The van der Waals surface area contributed by atoms with Crippen molar-refractivity contribution in [1.29, 1.82) is 0 Å². The van der Waals surface area contributed by atoms with E-state index in [0.29, 0.717) is 6.10 Å². The molecule has 0 spiro atoms. The van der Waals surface area contributed by atoms with Crippen LogP contribution in [0.15, 0.2) is 33.9 Å². The molecular weight excluding hydrogens is 254 g/mol. The third-order valence-corrected chi connectivity index (χ3v) is 3.24. The average molecular weight is 267 g/mol. The largest absolute Gasteiger partial charge is 0.392 e. The van der Waals surface area contributed by atoms with Gasteiger partial charge in [0.05, 0.1) is 0 Å². The number of halogens is 1. The van der Waals surface area contributed by atoms with Crippen molar-refractivity contribution < 1.29 is 4.84 Å². The second-order valence-electron chi connectivity index (χ2n) is 3.69. The molecular formula is C12H13BrNO. The Labute approximate surface area is 98.4 Å². The second kappa shape index (κ2) is 5.31. The summed E-state index contributed by atoms with van der Waals surface area (Å²) in [6, 6.07) is 7.84. The zero-order valence-electron chi connectivity index (χ0n) is 8.45. The van der Waals surface area contributed by atoms with Gasteiger partial charge in [0, 0.05) is 10.0 Å². The minimum absolute atomic E-state index is 0.306. The minimum atomic E-state index is 0.306. The molecule has 3 heteroatoms. The molecule has 0 amide bonds. The van der Waals surface area contributed by atoms with Crippen LogP contribution >= 0.6 is 15.9 Å². The standard InChI is InChI=1S/C12H13BrNO/c13-12-8-4-1-5-10(12)9-14-15-11-6-2-3-7-11/h1,4-5,8,11H,2-3,6-7H2. The van der Waals surface area contributed by atoms with Crippen molar-refractivity contribution in [3.05, 3.63) is 34.3 Å². The second-order valence-corrected chi connectivity index (χ2v) is 4.55.